The summed E-state index contributed by atoms with van der Waals surface area (Å²) in [6.07, 6.45) is 1.49. The van der Waals surface area contributed by atoms with Gasteiger partial charge in [-0.3, -0.25) is 4.79 Å². The monoisotopic (exact) mass is 319 g/mol. The molecule has 0 aliphatic rings. The minimum Gasteiger partial charge on any atom is -0.397 e. The summed E-state index contributed by atoms with van der Waals surface area (Å²) in [6.45, 7) is 6.30. The van der Waals surface area contributed by atoms with Gasteiger partial charge in [0.1, 0.15) is 5.69 Å². The van der Waals surface area contributed by atoms with Crippen LogP contribution in [0.25, 0.3) is 0 Å². The Morgan fingerprint density at radius 1 is 1.14 bits per heavy atom. The van der Waals surface area contributed by atoms with Gasteiger partial charge in [-0.1, -0.05) is 51.1 Å². The van der Waals surface area contributed by atoms with Crippen LogP contribution in [0.5, 0.6) is 0 Å². The lowest BCUT2D eigenvalue weighted by atomic mass is 9.82. The van der Waals surface area contributed by atoms with E-state index in [1.165, 1.54) is 6.20 Å². The van der Waals surface area contributed by atoms with Crippen LogP contribution >= 0.6 is 12.4 Å². The molecule has 0 aliphatic carbocycles. The smallest absolute Gasteiger partial charge is 0.270 e. The molecule has 2 rings (SSSR count). The third kappa shape index (κ3) is 4.46. The normalized spacial score (nSPS) is 12.1. The number of anilines is 1. The second kappa shape index (κ2) is 7.27. The molecular weight excluding hydrogens is 298 g/mol. The number of nitrogens with one attached hydrogen (secondary N) is 1. The van der Waals surface area contributed by atoms with Crippen LogP contribution < -0.4 is 11.1 Å². The maximum Gasteiger partial charge on any atom is 0.270 e. The van der Waals surface area contributed by atoms with Crippen LogP contribution in [0.3, 0.4) is 0 Å². The number of hydrogen-bond donors (Lipinski definition) is 2. The van der Waals surface area contributed by atoms with E-state index in [0.29, 0.717) is 11.4 Å². The highest BCUT2D eigenvalue weighted by molar-refractivity contribution is 5.92. The molecule has 1 amide bonds. The van der Waals surface area contributed by atoms with Crippen LogP contribution in [0.1, 0.15) is 42.9 Å². The highest BCUT2D eigenvalue weighted by Crippen LogP contribution is 2.32. The van der Waals surface area contributed by atoms with Crippen molar-refractivity contribution < 1.29 is 4.79 Å². The number of amides is 1. The molecule has 0 spiro atoms. The quantitative estimate of drug-likeness (QED) is 0.908. The molecule has 0 fully saturated rings. The number of carbonyl (C=O) groups is 1. The number of carbonyl (C=O) groups excluding carboxylic acids is 1. The largest absolute Gasteiger partial charge is 0.397 e. The Balaban J connectivity index is 0.00000242. The fourth-order valence-corrected chi connectivity index (χ4v) is 2.19. The van der Waals surface area contributed by atoms with Crippen molar-refractivity contribution in [1.29, 1.82) is 0 Å². The van der Waals surface area contributed by atoms with E-state index in [0.717, 1.165) is 5.56 Å². The first kappa shape index (κ1) is 18.0. The number of pyridine rings is 1. The molecule has 0 saturated carbocycles. The fourth-order valence-electron chi connectivity index (χ4n) is 2.19. The Morgan fingerprint density at radius 3 is 2.27 bits per heavy atom. The Kier molecular flexibility index (Phi) is 5.94. The van der Waals surface area contributed by atoms with Crippen LogP contribution in [0, 0.1) is 5.41 Å². The molecular formula is C17H22ClN3O. The van der Waals surface area contributed by atoms with Gasteiger partial charge in [0.15, 0.2) is 0 Å². The van der Waals surface area contributed by atoms with Gasteiger partial charge in [-0.05, 0) is 23.1 Å². The van der Waals surface area contributed by atoms with E-state index >= 15 is 0 Å². The summed E-state index contributed by atoms with van der Waals surface area (Å²) in [6, 6.07) is 13.2. The SMILES string of the molecule is CC(C)(C)C(NC(=O)c1ccc(N)cn1)c1ccccc1.Cl. The number of nitrogens with zero attached hydrogens (tertiary/aromatic N) is 1. The average Bonchev–Trinajstić information content (AvgIpc) is 2.45. The summed E-state index contributed by atoms with van der Waals surface area (Å²) < 4.78 is 0. The van der Waals surface area contributed by atoms with Gasteiger partial charge in [0.2, 0.25) is 0 Å². The highest BCUT2D eigenvalue weighted by Gasteiger charge is 2.28. The molecule has 1 atom stereocenters. The van der Waals surface area contributed by atoms with Crippen LogP contribution in [0.15, 0.2) is 48.7 Å². The zero-order valence-electron chi connectivity index (χ0n) is 13.0. The molecule has 4 nitrogen and oxygen atoms in total. The summed E-state index contributed by atoms with van der Waals surface area (Å²) in [4.78, 5) is 16.4. The third-order valence-electron chi connectivity index (χ3n) is 3.29. The Hall–Kier alpha value is -2.07. The zero-order chi connectivity index (χ0) is 15.5. The molecule has 5 heteroatoms. The Morgan fingerprint density at radius 2 is 1.77 bits per heavy atom. The summed E-state index contributed by atoms with van der Waals surface area (Å²) in [5, 5.41) is 3.07. The Labute approximate surface area is 137 Å². The zero-order valence-corrected chi connectivity index (χ0v) is 13.9. The molecule has 0 radical (unpaired) electrons. The topological polar surface area (TPSA) is 68.0 Å². The van der Waals surface area contributed by atoms with E-state index in [2.05, 4.69) is 31.1 Å². The lowest BCUT2D eigenvalue weighted by Gasteiger charge is -2.31. The van der Waals surface area contributed by atoms with Crippen molar-refractivity contribution >= 4 is 24.0 Å². The van der Waals surface area contributed by atoms with Crippen molar-refractivity contribution in [3.8, 4) is 0 Å². The van der Waals surface area contributed by atoms with Crippen LogP contribution in [-0.2, 0) is 0 Å². The number of aromatic nitrogens is 1. The van der Waals surface area contributed by atoms with Gasteiger partial charge in [0, 0.05) is 0 Å². The summed E-state index contributed by atoms with van der Waals surface area (Å²) in [5.41, 5.74) is 7.48. The molecule has 1 heterocycles. The molecule has 2 aromatic rings. The van der Waals surface area contributed by atoms with Gasteiger partial charge in [0.05, 0.1) is 17.9 Å². The molecule has 1 aromatic heterocycles. The second-order valence-electron chi connectivity index (χ2n) is 6.16. The lowest BCUT2D eigenvalue weighted by molar-refractivity contribution is 0.0896. The van der Waals surface area contributed by atoms with Crippen molar-refractivity contribution in [3.63, 3.8) is 0 Å². The molecule has 118 valence electrons. The lowest BCUT2D eigenvalue weighted by Crippen LogP contribution is -2.37. The van der Waals surface area contributed by atoms with Crippen molar-refractivity contribution in [2.45, 2.75) is 26.8 Å². The van der Waals surface area contributed by atoms with Crippen LogP contribution in [-0.4, -0.2) is 10.9 Å². The standard InChI is InChI=1S/C17H21N3O.ClH/c1-17(2,3)15(12-7-5-4-6-8-12)20-16(21)14-10-9-13(18)11-19-14;/h4-11,15H,18H2,1-3H3,(H,20,21);1H. The molecule has 22 heavy (non-hydrogen) atoms. The number of nitrogens with two attached hydrogens (primary N) is 1. The maximum absolute atomic E-state index is 12.4. The molecule has 1 aromatic carbocycles. The van der Waals surface area contributed by atoms with Crippen LogP contribution in [0.4, 0.5) is 5.69 Å². The van der Waals surface area contributed by atoms with Crippen molar-refractivity contribution in [3.05, 3.63) is 59.9 Å². The average molecular weight is 320 g/mol. The predicted octanol–water partition coefficient (Wildman–Crippen LogP) is 3.60. The molecule has 0 aliphatic heterocycles. The second-order valence-corrected chi connectivity index (χ2v) is 6.16. The molecule has 3 N–H and O–H groups in total. The van der Waals surface area contributed by atoms with Gasteiger partial charge in [-0.2, -0.15) is 0 Å². The van der Waals surface area contributed by atoms with Gasteiger partial charge in [-0.25, -0.2) is 4.98 Å². The van der Waals surface area contributed by atoms with Gasteiger partial charge >= 0.3 is 0 Å². The van der Waals surface area contributed by atoms with Crippen molar-refractivity contribution in [2.24, 2.45) is 5.41 Å². The van der Waals surface area contributed by atoms with Crippen molar-refractivity contribution in [1.82, 2.24) is 10.3 Å². The molecule has 0 bridgehead atoms. The number of benzene rings is 1. The molecule has 1 unspecified atom stereocenters. The predicted molar refractivity (Wildman–Crippen MR) is 92.0 cm³/mol. The van der Waals surface area contributed by atoms with E-state index in [-0.39, 0.29) is 29.8 Å². The summed E-state index contributed by atoms with van der Waals surface area (Å²) in [7, 11) is 0. The number of hydrogen-bond acceptors (Lipinski definition) is 3. The van der Waals surface area contributed by atoms with E-state index in [9.17, 15) is 4.79 Å². The highest BCUT2D eigenvalue weighted by atomic mass is 35.5. The van der Waals surface area contributed by atoms with Crippen LogP contribution in [0.2, 0.25) is 0 Å². The number of halogens is 1. The number of nitrogen functional groups attached to an aromatic ring is 1. The van der Waals surface area contributed by atoms with E-state index in [1.807, 2.05) is 30.3 Å². The van der Waals surface area contributed by atoms with Gasteiger partial charge in [-0.15, -0.1) is 12.4 Å². The third-order valence-corrected chi connectivity index (χ3v) is 3.29. The van der Waals surface area contributed by atoms with Gasteiger partial charge < -0.3 is 11.1 Å². The van der Waals surface area contributed by atoms with E-state index in [1.54, 1.807) is 12.1 Å². The minimum absolute atomic E-state index is 0. The summed E-state index contributed by atoms with van der Waals surface area (Å²) in [5.74, 6) is -0.196. The number of rotatable bonds is 3. The maximum atomic E-state index is 12.4. The first-order valence-electron chi connectivity index (χ1n) is 6.95. The Bertz CT molecular complexity index is 606. The minimum atomic E-state index is -0.196. The van der Waals surface area contributed by atoms with Crippen molar-refractivity contribution in [2.75, 3.05) is 5.73 Å². The van der Waals surface area contributed by atoms with E-state index in [4.69, 9.17) is 5.73 Å². The first-order chi connectivity index (χ1) is 9.88. The van der Waals surface area contributed by atoms with Gasteiger partial charge in [0.25, 0.3) is 5.91 Å². The molecule has 0 saturated heterocycles. The fraction of sp³-hybridized carbons (Fsp3) is 0.294. The van der Waals surface area contributed by atoms with E-state index < -0.39 is 0 Å². The first-order valence-corrected chi connectivity index (χ1v) is 6.95. The summed E-state index contributed by atoms with van der Waals surface area (Å²) >= 11 is 0.